The molecule has 1 heterocycles. The number of nitrogens with two attached hydrogens (primary N) is 1. The zero-order valence-electron chi connectivity index (χ0n) is 11.8. The first kappa shape index (κ1) is 14.9. The smallest absolute Gasteiger partial charge is 0.323 e. The van der Waals surface area contributed by atoms with Crippen LogP contribution in [0.2, 0.25) is 0 Å². The summed E-state index contributed by atoms with van der Waals surface area (Å²) in [6, 6.07) is 4.98. The second-order valence-electron chi connectivity index (χ2n) is 4.97. The van der Waals surface area contributed by atoms with Gasteiger partial charge in [-0.25, -0.2) is 4.39 Å². The van der Waals surface area contributed by atoms with Crippen molar-refractivity contribution in [3.63, 3.8) is 0 Å². The van der Waals surface area contributed by atoms with Crippen molar-refractivity contribution < 1.29 is 13.9 Å². The lowest BCUT2D eigenvalue weighted by Gasteiger charge is -2.23. The standard InChI is InChI=1S/C15H21FN2O2/c1-2-20-15(19)13-7-4-8-18(13)10-12-6-3-5-11(9-17)14(12)16/h3,5-6,13H,2,4,7-10,17H2,1H3. The van der Waals surface area contributed by atoms with Gasteiger partial charge in [0.1, 0.15) is 11.9 Å². The summed E-state index contributed by atoms with van der Waals surface area (Å²) in [6.45, 7) is 3.56. The molecule has 1 atom stereocenters. The summed E-state index contributed by atoms with van der Waals surface area (Å²) in [5, 5.41) is 0. The third kappa shape index (κ3) is 3.16. The number of halogens is 1. The molecule has 110 valence electrons. The van der Waals surface area contributed by atoms with Crippen molar-refractivity contribution in [3.05, 3.63) is 35.1 Å². The highest BCUT2D eigenvalue weighted by Crippen LogP contribution is 2.23. The Bertz CT molecular complexity index is 479. The first-order valence-electron chi connectivity index (χ1n) is 7.04. The molecule has 0 spiro atoms. The molecule has 0 amide bonds. The molecule has 1 aliphatic heterocycles. The number of likely N-dealkylation sites (tertiary alicyclic amines) is 1. The predicted octanol–water partition coefficient (Wildman–Crippen LogP) is 1.81. The Morgan fingerprint density at radius 1 is 1.50 bits per heavy atom. The van der Waals surface area contributed by atoms with E-state index in [2.05, 4.69) is 0 Å². The van der Waals surface area contributed by atoms with Crippen LogP contribution in [0.3, 0.4) is 0 Å². The van der Waals surface area contributed by atoms with Crippen LogP contribution in [0.1, 0.15) is 30.9 Å². The number of carbonyl (C=O) groups excluding carboxylic acids is 1. The molecule has 1 fully saturated rings. The summed E-state index contributed by atoms with van der Waals surface area (Å²) in [7, 11) is 0. The van der Waals surface area contributed by atoms with Gasteiger partial charge in [-0.05, 0) is 26.3 Å². The lowest BCUT2D eigenvalue weighted by molar-refractivity contribution is -0.148. The van der Waals surface area contributed by atoms with E-state index in [0.717, 1.165) is 19.4 Å². The van der Waals surface area contributed by atoms with E-state index in [4.69, 9.17) is 10.5 Å². The molecule has 1 unspecified atom stereocenters. The van der Waals surface area contributed by atoms with Crippen LogP contribution in [-0.2, 0) is 22.6 Å². The Morgan fingerprint density at radius 3 is 2.95 bits per heavy atom. The van der Waals surface area contributed by atoms with Crippen LogP contribution in [0.4, 0.5) is 4.39 Å². The Balaban J connectivity index is 2.11. The second-order valence-corrected chi connectivity index (χ2v) is 4.97. The number of hydrogen-bond acceptors (Lipinski definition) is 4. The second kappa shape index (κ2) is 6.81. The number of rotatable bonds is 5. The lowest BCUT2D eigenvalue weighted by atomic mass is 10.1. The minimum atomic E-state index is -0.260. The van der Waals surface area contributed by atoms with E-state index in [1.807, 2.05) is 4.90 Å². The normalized spacial score (nSPS) is 19.2. The van der Waals surface area contributed by atoms with Crippen LogP contribution < -0.4 is 5.73 Å². The Morgan fingerprint density at radius 2 is 2.25 bits per heavy atom. The van der Waals surface area contributed by atoms with Crippen LogP contribution in [0.25, 0.3) is 0 Å². The molecule has 0 aromatic heterocycles. The van der Waals surface area contributed by atoms with Crippen LogP contribution >= 0.6 is 0 Å². The van der Waals surface area contributed by atoms with Crippen molar-refractivity contribution in [2.24, 2.45) is 5.73 Å². The molecular weight excluding hydrogens is 259 g/mol. The summed E-state index contributed by atoms with van der Waals surface area (Å²) in [5.41, 5.74) is 6.61. The molecule has 1 aliphatic rings. The highest BCUT2D eigenvalue weighted by atomic mass is 19.1. The molecule has 2 rings (SSSR count). The first-order chi connectivity index (χ1) is 9.67. The van der Waals surface area contributed by atoms with E-state index in [1.54, 1.807) is 25.1 Å². The number of carbonyl (C=O) groups is 1. The van der Waals surface area contributed by atoms with Gasteiger partial charge in [0.2, 0.25) is 0 Å². The van der Waals surface area contributed by atoms with E-state index in [1.165, 1.54) is 0 Å². The van der Waals surface area contributed by atoms with Gasteiger partial charge in [-0.3, -0.25) is 9.69 Å². The quantitative estimate of drug-likeness (QED) is 0.836. The fourth-order valence-corrected chi connectivity index (χ4v) is 2.65. The van der Waals surface area contributed by atoms with E-state index in [9.17, 15) is 9.18 Å². The molecule has 4 nitrogen and oxygen atoms in total. The summed E-state index contributed by atoms with van der Waals surface area (Å²) < 4.78 is 19.3. The van der Waals surface area contributed by atoms with Gasteiger partial charge in [0.15, 0.2) is 0 Å². The van der Waals surface area contributed by atoms with Gasteiger partial charge in [-0.15, -0.1) is 0 Å². The summed E-state index contributed by atoms with van der Waals surface area (Å²) in [6.07, 6.45) is 1.71. The van der Waals surface area contributed by atoms with Crippen LogP contribution in [-0.4, -0.2) is 30.1 Å². The molecule has 0 radical (unpaired) electrons. The van der Waals surface area contributed by atoms with E-state index in [0.29, 0.717) is 24.3 Å². The molecule has 0 bridgehead atoms. The Hall–Kier alpha value is -1.46. The Labute approximate surface area is 118 Å². The molecular formula is C15H21FN2O2. The fraction of sp³-hybridized carbons (Fsp3) is 0.533. The maximum atomic E-state index is 14.2. The maximum Gasteiger partial charge on any atom is 0.323 e. The van der Waals surface area contributed by atoms with Crippen LogP contribution in [0.5, 0.6) is 0 Å². The highest BCUT2D eigenvalue weighted by Gasteiger charge is 2.32. The van der Waals surface area contributed by atoms with Crippen LogP contribution in [0.15, 0.2) is 18.2 Å². The molecule has 1 aromatic rings. The van der Waals surface area contributed by atoms with Crippen molar-refractivity contribution in [2.45, 2.75) is 38.9 Å². The minimum absolute atomic E-state index is 0.182. The van der Waals surface area contributed by atoms with Gasteiger partial charge in [0.05, 0.1) is 6.61 Å². The van der Waals surface area contributed by atoms with Gasteiger partial charge < -0.3 is 10.5 Å². The monoisotopic (exact) mass is 280 g/mol. The SMILES string of the molecule is CCOC(=O)C1CCCN1Cc1cccc(CN)c1F. The van der Waals surface area contributed by atoms with Crippen molar-refractivity contribution in [1.82, 2.24) is 4.90 Å². The van der Waals surface area contributed by atoms with Crippen molar-refractivity contribution in [1.29, 1.82) is 0 Å². The maximum absolute atomic E-state index is 14.2. The number of hydrogen-bond donors (Lipinski definition) is 1. The third-order valence-electron chi connectivity index (χ3n) is 3.67. The predicted molar refractivity (Wildman–Crippen MR) is 74.4 cm³/mol. The summed E-state index contributed by atoms with van der Waals surface area (Å²) in [5.74, 6) is -0.468. The van der Waals surface area contributed by atoms with Crippen molar-refractivity contribution in [2.75, 3.05) is 13.2 Å². The number of benzene rings is 1. The van der Waals surface area contributed by atoms with E-state index >= 15 is 0 Å². The average Bonchev–Trinajstić information content (AvgIpc) is 2.90. The molecule has 2 N–H and O–H groups in total. The Kier molecular flexibility index (Phi) is 5.09. The molecule has 0 aliphatic carbocycles. The largest absolute Gasteiger partial charge is 0.465 e. The van der Waals surface area contributed by atoms with E-state index in [-0.39, 0.29) is 24.4 Å². The zero-order chi connectivity index (χ0) is 14.5. The third-order valence-corrected chi connectivity index (χ3v) is 3.67. The lowest BCUT2D eigenvalue weighted by Crippen LogP contribution is -2.37. The molecule has 1 aromatic carbocycles. The molecule has 5 heteroatoms. The highest BCUT2D eigenvalue weighted by molar-refractivity contribution is 5.76. The minimum Gasteiger partial charge on any atom is -0.465 e. The van der Waals surface area contributed by atoms with Gasteiger partial charge in [-0.2, -0.15) is 0 Å². The topological polar surface area (TPSA) is 55.6 Å². The number of esters is 1. The van der Waals surface area contributed by atoms with Crippen LogP contribution in [0, 0.1) is 5.82 Å². The van der Waals surface area contributed by atoms with Crippen molar-refractivity contribution >= 4 is 5.97 Å². The van der Waals surface area contributed by atoms with Gasteiger partial charge in [0, 0.05) is 24.2 Å². The number of ether oxygens (including phenoxy) is 1. The number of nitrogens with zero attached hydrogens (tertiary/aromatic N) is 1. The molecule has 20 heavy (non-hydrogen) atoms. The molecule has 1 saturated heterocycles. The van der Waals surface area contributed by atoms with E-state index < -0.39 is 0 Å². The molecule has 0 saturated carbocycles. The summed E-state index contributed by atoms with van der Waals surface area (Å²) >= 11 is 0. The fourth-order valence-electron chi connectivity index (χ4n) is 2.65. The van der Waals surface area contributed by atoms with Crippen molar-refractivity contribution in [3.8, 4) is 0 Å². The van der Waals surface area contributed by atoms with Gasteiger partial charge in [0.25, 0.3) is 0 Å². The summed E-state index contributed by atoms with van der Waals surface area (Å²) in [4.78, 5) is 13.9. The zero-order valence-corrected chi connectivity index (χ0v) is 11.8. The average molecular weight is 280 g/mol. The van der Waals surface area contributed by atoms with Gasteiger partial charge in [-0.1, -0.05) is 18.2 Å². The van der Waals surface area contributed by atoms with Gasteiger partial charge >= 0.3 is 5.97 Å². The first-order valence-corrected chi connectivity index (χ1v) is 7.04.